The van der Waals surface area contributed by atoms with E-state index >= 15 is 0 Å². The first-order valence-electron chi connectivity index (χ1n) is 8.88. The van der Waals surface area contributed by atoms with Gasteiger partial charge in [0.05, 0.1) is 11.2 Å². The van der Waals surface area contributed by atoms with E-state index in [1.165, 1.54) is 6.07 Å². The number of hydrogen-bond donors (Lipinski definition) is 2. The molecule has 0 radical (unpaired) electrons. The van der Waals surface area contributed by atoms with E-state index in [2.05, 4.69) is 15.8 Å². The summed E-state index contributed by atoms with van der Waals surface area (Å²) < 4.78 is 19.4. The van der Waals surface area contributed by atoms with Gasteiger partial charge < -0.3 is 10.1 Å². The molecule has 148 valence electrons. The van der Waals surface area contributed by atoms with E-state index in [1.54, 1.807) is 30.5 Å². The molecule has 0 heterocycles. The Labute approximate surface area is 179 Å². The predicted octanol–water partition coefficient (Wildman–Crippen LogP) is 5.06. The summed E-state index contributed by atoms with van der Waals surface area (Å²) >= 11 is 11.2. The molecular formula is C22H19ClFN3OS. The maximum Gasteiger partial charge on any atom is 0.187 e. The minimum Gasteiger partial charge on any atom is -0.489 e. The summed E-state index contributed by atoms with van der Waals surface area (Å²) in [7, 11) is 0. The molecule has 0 aromatic heterocycles. The average Bonchev–Trinajstić information content (AvgIpc) is 2.74. The lowest BCUT2D eigenvalue weighted by Crippen LogP contribution is -2.31. The average molecular weight is 428 g/mol. The third-order valence-corrected chi connectivity index (χ3v) is 4.59. The highest BCUT2D eigenvalue weighted by atomic mass is 35.5. The Balaban J connectivity index is 1.45. The van der Waals surface area contributed by atoms with Crippen molar-refractivity contribution in [3.8, 4) is 5.75 Å². The minimum atomic E-state index is -0.385. The topological polar surface area (TPSA) is 45.6 Å². The van der Waals surface area contributed by atoms with Gasteiger partial charge in [-0.1, -0.05) is 48.0 Å². The van der Waals surface area contributed by atoms with Crippen LogP contribution in [0.5, 0.6) is 5.75 Å². The molecule has 29 heavy (non-hydrogen) atoms. The molecule has 0 aliphatic heterocycles. The fourth-order valence-corrected chi connectivity index (χ4v) is 2.80. The molecule has 3 rings (SSSR count). The Morgan fingerprint density at radius 2 is 1.79 bits per heavy atom. The molecular weight excluding hydrogens is 409 g/mol. The fraction of sp³-hybridized carbons (Fsp3) is 0.0909. The lowest BCUT2D eigenvalue weighted by Gasteiger charge is -2.09. The minimum absolute atomic E-state index is 0.0574. The van der Waals surface area contributed by atoms with Crippen molar-refractivity contribution >= 4 is 35.1 Å². The molecule has 3 aromatic rings. The van der Waals surface area contributed by atoms with Crippen molar-refractivity contribution < 1.29 is 9.13 Å². The van der Waals surface area contributed by atoms with Crippen molar-refractivity contribution in [3.63, 3.8) is 0 Å². The Morgan fingerprint density at radius 3 is 2.52 bits per heavy atom. The predicted molar refractivity (Wildman–Crippen MR) is 119 cm³/mol. The molecule has 0 aliphatic rings. The molecule has 4 nitrogen and oxygen atoms in total. The van der Waals surface area contributed by atoms with E-state index in [-0.39, 0.29) is 12.4 Å². The number of benzene rings is 3. The van der Waals surface area contributed by atoms with Crippen molar-refractivity contribution in [2.45, 2.75) is 13.2 Å². The second kappa shape index (κ2) is 10.5. The summed E-state index contributed by atoms with van der Waals surface area (Å²) in [5.41, 5.74) is 5.10. The van der Waals surface area contributed by atoms with Gasteiger partial charge in [-0.05, 0) is 59.7 Å². The third kappa shape index (κ3) is 6.55. The summed E-state index contributed by atoms with van der Waals surface area (Å²) in [6.07, 6.45) is 1.65. The highest BCUT2D eigenvalue weighted by Crippen LogP contribution is 2.21. The highest BCUT2D eigenvalue weighted by molar-refractivity contribution is 7.80. The van der Waals surface area contributed by atoms with Crippen LogP contribution in [0.15, 0.2) is 77.9 Å². The quantitative estimate of drug-likeness (QED) is 0.314. The highest BCUT2D eigenvalue weighted by Gasteiger charge is 2.07. The van der Waals surface area contributed by atoms with Gasteiger partial charge in [-0.15, -0.1) is 0 Å². The molecule has 0 aliphatic carbocycles. The molecule has 2 N–H and O–H groups in total. The van der Waals surface area contributed by atoms with Crippen LogP contribution in [0.1, 0.15) is 16.7 Å². The Hall–Kier alpha value is -2.96. The monoisotopic (exact) mass is 427 g/mol. The van der Waals surface area contributed by atoms with Crippen LogP contribution in [-0.4, -0.2) is 11.3 Å². The second-order valence-corrected chi connectivity index (χ2v) is 6.91. The number of halogens is 2. The Bertz CT molecular complexity index is 961. The Kier molecular flexibility index (Phi) is 7.55. The SMILES string of the molecule is Fc1cccc(Cl)c1COc1ccc(/C=N/NC(=S)NCc2ccccc2)cc1. The van der Waals surface area contributed by atoms with Crippen molar-refractivity contribution in [2.75, 3.05) is 0 Å². The van der Waals surface area contributed by atoms with Gasteiger partial charge in [0.1, 0.15) is 18.2 Å². The van der Waals surface area contributed by atoms with Gasteiger partial charge in [-0.2, -0.15) is 5.10 Å². The van der Waals surface area contributed by atoms with Crippen LogP contribution < -0.4 is 15.5 Å². The van der Waals surface area contributed by atoms with Crippen LogP contribution in [0.2, 0.25) is 5.02 Å². The van der Waals surface area contributed by atoms with Gasteiger partial charge in [0.25, 0.3) is 0 Å². The number of ether oxygens (including phenoxy) is 1. The normalized spacial score (nSPS) is 10.7. The second-order valence-electron chi connectivity index (χ2n) is 6.10. The van der Waals surface area contributed by atoms with Crippen LogP contribution in [0.3, 0.4) is 0 Å². The third-order valence-electron chi connectivity index (χ3n) is 4.00. The van der Waals surface area contributed by atoms with Gasteiger partial charge in [-0.3, -0.25) is 5.43 Å². The lowest BCUT2D eigenvalue weighted by atomic mass is 10.2. The smallest absolute Gasteiger partial charge is 0.187 e. The van der Waals surface area contributed by atoms with E-state index in [9.17, 15) is 4.39 Å². The number of thiocarbonyl (C=S) groups is 1. The van der Waals surface area contributed by atoms with E-state index in [0.29, 0.717) is 28.0 Å². The van der Waals surface area contributed by atoms with Crippen LogP contribution in [-0.2, 0) is 13.2 Å². The molecule has 0 spiro atoms. The summed E-state index contributed by atoms with van der Waals surface area (Å²) in [5, 5.41) is 7.98. The van der Waals surface area contributed by atoms with Gasteiger partial charge >= 0.3 is 0 Å². The van der Waals surface area contributed by atoms with Gasteiger partial charge in [0.15, 0.2) is 5.11 Å². The Morgan fingerprint density at radius 1 is 1.03 bits per heavy atom. The van der Waals surface area contributed by atoms with Crippen LogP contribution in [0, 0.1) is 5.82 Å². The first-order chi connectivity index (χ1) is 14.1. The van der Waals surface area contributed by atoms with Gasteiger partial charge in [0.2, 0.25) is 0 Å². The van der Waals surface area contributed by atoms with Crippen LogP contribution >= 0.6 is 23.8 Å². The largest absolute Gasteiger partial charge is 0.489 e. The summed E-state index contributed by atoms with van der Waals surface area (Å²) in [5.74, 6) is 0.221. The van der Waals surface area contributed by atoms with Crippen LogP contribution in [0.25, 0.3) is 0 Å². The molecule has 7 heteroatoms. The fourth-order valence-electron chi connectivity index (χ4n) is 2.46. The molecule has 3 aromatic carbocycles. The van der Waals surface area contributed by atoms with E-state index in [0.717, 1.165) is 11.1 Å². The molecule has 0 bridgehead atoms. The maximum absolute atomic E-state index is 13.8. The molecule has 0 amide bonds. The summed E-state index contributed by atoms with van der Waals surface area (Å²) in [6.45, 7) is 0.683. The van der Waals surface area contributed by atoms with E-state index in [1.807, 2.05) is 42.5 Å². The van der Waals surface area contributed by atoms with Gasteiger partial charge in [0, 0.05) is 12.1 Å². The van der Waals surface area contributed by atoms with E-state index < -0.39 is 0 Å². The molecule has 0 saturated heterocycles. The zero-order chi connectivity index (χ0) is 20.5. The number of nitrogens with zero attached hydrogens (tertiary/aromatic N) is 1. The number of nitrogens with one attached hydrogen (secondary N) is 2. The number of hydrazone groups is 1. The summed E-state index contributed by atoms with van der Waals surface area (Å²) in [6, 6.07) is 21.7. The molecule has 0 saturated carbocycles. The zero-order valence-electron chi connectivity index (χ0n) is 15.4. The number of hydrogen-bond acceptors (Lipinski definition) is 3. The number of rotatable bonds is 7. The van der Waals surface area contributed by atoms with Crippen molar-refractivity contribution in [3.05, 3.63) is 100 Å². The van der Waals surface area contributed by atoms with E-state index in [4.69, 9.17) is 28.6 Å². The molecule has 0 atom stereocenters. The molecule has 0 unspecified atom stereocenters. The van der Waals surface area contributed by atoms with Crippen molar-refractivity contribution in [2.24, 2.45) is 5.10 Å². The zero-order valence-corrected chi connectivity index (χ0v) is 17.0. The summed E-state index contributed by atoms with van der Waals surface area (Å²) in [4.78, 5) is 0. The first kappa shape index (κ1) is 20.8. The first-order valence-corrected chi connectivity index (χ1v) is 9.67. The maximum atomic E-state index is 13.8. The van der Waals surface area contributed by atoms with Crippen molar-refractivity contribution in [1.82, 2.24) is 10.7 Å². The lowest BCUT2D eigenvalue weighted by molar-refractivity contribution is 0.300. The van der Waals surface area contributed by atoms with Crippen molar-refractivity contribution in [1.29, 1.82) is 0 Å². The standard InChI is InChI=1S/C22H19ClFN3OS/c23-20-7-4-8-21(24)19(20)15-28-18-11-9-17(10-12-18)14-26-27-22(29)25-13-16-5-2-1-3-6-16/h1-12,14H,13,15H2,(H2,25,27,29)/b26-14+. The molecule has 0 fully saturated rings. The van der Waals surface area contributed by atoms with Gasteiger partial charge in [-0.25, -0.2) is 4.39 Å². The van der Waals surface area contributed by atoms with Crippen LogP contribution in [0.4, 0.5) is 4.39 Å².